The van der Waals surface area contributed by atoms with Crippen molar-refractivity contribution >= 4 is 22.4 Å². The number of aromatic nitrogens is 3. The number of hydrogen-bond donors (Lipinski definition) is 1. The summed E-state index contributed by atoms with van der Waals surface area (Å²) in [4.78, 5) is 8.54. The van der Waals surface area contributed by atoms with Crippen molar-refractivity contribution in [1.82, 2.24) is 14.5 Å². The number of fused-ring (bicyclic) bond motifs is 1. The third-order valence-electron chi connectivity index (χ3n) is 4.66. The molecule has 0 spiro atoms. The molecule has 4 rings (SSSR count). The molecule has 0 radical (unpaired) electrons. The van der Waals surface area contributed by atoms with Gasteiger partial charge in [0, 0.05) is 30.4 Å². The number of alkyl halides is 3. The van der Waals surface area contributed by atoms with Gasteiger partial charge in [0.1, 0.15) is 5.82 Å². The van der Waals surface area contributed by atoms with Crippen LogP contribution >= 0.6 is 0 Å². The van der Waals surface area contributed by atoms with Crippen molar-refractivity contribution in [3.63, 3.8) is 0 Å². The zero-order valence-corrected chi connectivity index (χ0v) is 15.7. The van der Waals surface area contributed by atoms with E-state index in [2.05, 4.69) is 15.3 Å². The van der Waals surface area contributed by atoms with Crippen LogP contribution in [-0.2, 0) is 13.2 Å². The summed E-state index contributed by atoms with van der Waals surface area (Å²) in [5.74, 6) is 1.08. The van der Waals surface area contributed by atoms with E-state index in [1.807, 2.05) is 29.8 Å². The average Bonchev–Trinajstić information content (AvgIpc) is 3.06. The Bertz CT molecular complexity index is 1170. The highest BCUT2D eigenvalue weighted by atomic mass is 19.4. The van der Waals surface area contributed by atoms with Gasteiger partial charge in [-0.25, -0.2) is 9.97 Å². The largest absolute Gasteiger partial charge is 0.481 e. The molecule has 0 unspecified atom stereocenters. The number of benzene rings is 1. The Morgan fingerprint density at radius 2 is 1.86 bits per heavy atom. The van der Waals surface area contributed by atoms with Gasteiger partial charge in [-0.3, -0.25) is 0 Å². The summed E-state index contributed by atoms with van der Waals surface area (Å²) in [5.41, 5.74) is 2.03. The number of aryl methyl sites for hydroxylation is 1. The Morgan fingerprint density at radius 3 is 2.55 bits per heavy atom. The van der Waals surface area contributed by atoms with Crippen molar-refractivity contribution in [3.05, 3.63) is 66.5 Å². The predicted molar refractivity (Wildman–Crippen MR) is 105 cm³/mol. The molecule has 0 amide bonds. The van der Waals surface area contributed by atoms with Gasteiger partial charge in [0.25, 0.3) is 0 Å². The van der Waals surface area contributed by atoms with E-state index in [1.54, 1.807) is 24.5 Å². The molecule has 8 heteroatoms. The van der Waals surface area contributed by atoms with Crippen molar-refractivity contribution in [2.24, 2.45) is 7.05 Å². The van der Waals surface area contributed by atoms with E-state index >= 15 is 0 Å². The first-order chi connectivity index (χ1) is 13.9. The molecule has 0 aliphatic rings. The molecule has 29 heavy (non-hydrogen) atoms. The molecule has 0 saturated carbocycles. The maximum Gasteiger partial charge on any atom is 0.416 e. The number of halogens is 3. The molecule has 0 atom stereocenters. The highest BCUT2D eigenvalue weighted by Crippen LogP contribution is 2.35. The Labute approximate surface area is 164 Å². The molecule has 0 aliphatic heterocycles. The summed E-state index contributed by atoms with van der Waals surface area (Å²) in [6, 6.07) is 12.5. The van der Waals surface area contributed by atoms with Gasteiger partial charge in [0.05, 0.1) is 30.1 Å². The third kappa shape index (κ3) is 3.61. The van der Waals surface area contributed by atoms with E-state index in [-0.39, 0.29) is 0 Å². The van der Waals surface area contributed by atoms with Crippen molar-refractivity contribution in [2.75, 3.05) is 12.4 Å². The number of hydrogen-bond acceptors (Lipinski definition) is 4. The van der Waals surface area contributed by atoms with Crippen LogP contribution in [0.1, 0.15) is 5.56 Å². The number of rotatable bonds is 4. The summed E-state index contributed by atoms with van der Waals surface area (Å²) >= 11 is 0. The first-order valence-corrected chi connectivity index (χ1v) is 8.76. The van der Waals surface area contributed by atoms with Gasteiger partial charge in [-0.1, -0.05) is 12.1 Å². The lowest BCUT2D eigenvalue weighted by Gasteiger charge is -2.09. The normalized spacial score (nSPS) is 11.6. The highest BCUT2D eigenvalue weighted by Gasteiger charge is 2.30. The van der Waals surface area contributed by atoms with E-state index in [0.29, 0.717) is 23.0 Å². The van der Waals surface area contributed by atoms with Gasteiger partial charge in [-0.2, -0.15) is 13.2 Å². The molecule has 5 nitrogen and oxygen atoms in total. The average molecular weight is 398 g/mol. The molecule has 0 saturated heterocycles. The second-order valence-electron chi connectivity index (χ2n) is 6.47. The smallest absolute Gasteiger partial charge is 0.416 e. The fraction of sp³-hybridized carbons (Fsp3) is 0.143. The zero-order chi connectivity index (χ0) is 20.6. The summed E-state index contributed by atoms with van der Waals surface area (Å²) in [6.07, 6.45) is -1.12. The monoisotopic (exact) mass is 398 g/mol. The Balaban J connectivity index is 1.77. The summed E-state index contributed by atoms with van der Waals surface area (Å²) in [5, 5.41) is 3.99. The lowest BCUT2D eigenvalue weighted by Crippen LogP contribution is -2.04. The lowest BCUT2D eigenvalue weighted by atomic mass is 10.1. The maximum atomic E-state index is 13.1. The number of pyridine rings is 2. The molecule has 0 aliphatic carbocycles. The van der Waals surface area contributed by atoms with Crippen molar-refractivity contribution < 1.29 is 17.9 Å². The number of methoxy groups -OCH3 is 1. The van der Waals surface area contributed by atoms with Gasteiger partial charge in [0.2, 0.25) is 5.88 Å². The molecule has 3 aromatic heterocycles. The van der Waals surface area contributed by atoms with Crippen LogP contribution < -0.4 is 10.1 Å². The molecule has 1 aromatic carbocycles. The zero-order valence-electron chi connectivity index (χ0n) is 15.7. The van der Waals surface area contributed by atoms with Gasteiger partial charge in [-0.05, 0) is 35.9 Å². The van der Waals surface area contributed by atoms with E-state index in [4.69, 9.17) is 4.74 Å². The Hall–Kier alpha value is -3.55. The first-order valence-electron chi connectivity index (χ1n) is 8.76. The van der Waals surface area contributed by atoms with Crippen LogP contribution in [0.2, 0.25) is 0 Å². The van der Waals surface area contributed by atoms with Crippen LogP contribution in [0.25, 0.3) is 22.2 Å². The fourth-order valence-electron chi connectivity index (χ4n) is 3.20. The van der Waals surface area contributed by atoms with Gasteiger partial charge >= 0.3 is 6.18 Å². The van der Waals surface area contributed by atoms with Crippen molar-refractivity contribution in [3.8, 4) is 17.1 Å². The molecule has 0 bridgehead atoms. The third-order valence-corrected chi connectivity index (χ3v) is 4.66. The number of nitrogens with zero attached hydrogens (tertiary/aromatic N) is 3. The number of anilines is 2. The Kier molecular flexibility index (Phi) is 4.62. The van der Waals surface area contributed by atoms with Crippen molar-refractivity contribution in [2.45, 2.75) is 6.18 Å². The maximum absolute atomic E-state index is 13.1. The molecule has 1 N–H and O–H groups in total. The molecule has 0 fully saturated rings. The van der Waals surface area contributed by atoms with Crippen LogP contribution in [0.5, 0.6) is 5.88 Å². The first kappa shape index (κ1) is 18.8. The fourth-order valence-corrected chi connectivity index (χ4v) is 3.20. The van der Waals surface area contributed by atoms with Crippen LogP contribution in [0.4, 0.5) is 24.7 Å². The van der Waals surface area contributed by atoms with Crippen LogP contribution in [0, 0.1) is 0 Å². The highest BCUT2D eigenvalue weighted by molar-refractivity contribution is 5.95. The van der Waals surface area contributed by atoms with E-state index < -0.39 is 11.7 Å². The SMILES string of the molecule is COc1ccc(Nc2nccc3c2cc(-c2cccc(C(F)(F)F)c2)n3C)cn1. The number of nitrogens with one attached hydrogen (secondary N) is 1. The molecule has 148 valence electrons. The minimum atomic E-state index is -4.39. The molecule has 3 heterocycles. The second-order valence-corrected chi connectivity index (χ2v) is 6.47. The van der Waals surface area contributed by atoms with E-state index in [9.17, 15) is 13.2 Å². The summed E-state index contributed by atoms with van der Waals surface area (Å²) in [6.45, 7) is 0. The molecular weight excluding hydrogens is 381 g/mol. The van der Waals surface area contributed by atoms with Crippen LogP contribution in [0.15, 0.2) is 60.9 Å². The minimum Gasteiger partial charge on any atom is -0.481 e. The molecular formula is C21H17F3N4O. The van der Waals surface area contributed by atoms with Crippen LogP contribution in [-0.4, -0.2) is 21.6 Å². The standard InChI is InChI=1S/C21H17F3N4O/c1-28-17-8-9-25-20(27-15-6-7-19(29-2)26-12-15)16(17)11-18(28)13-4-3-5-14(10-13)21(22,23)24/h3-12H,1-2H3,(H,25,27). The predicted octanol–water partition coefficient (Wildman–Crippen LogP) is 5.41. The topological polar surface area (TPSA) is 52.0 Å². The summed E-state index contributed by atoms with van der Waals surface area (Å²) < 4.78 is 46.2. The second kappa shape index (κ2) is 7.12. The van der Waals surface area contributed by atoms with E-state index in [0.717, 1.165) is 28.7 Å². The van der Waals surface area contributed by atoms with E-state index in [1.165, 1.54) is 13.2 Å². The Morgan fingerprint density at radius 1 is 1.03 bits per heavy atom. The molecule has 4 aromatic rings. The van der Waals surface area contributed by atoms with Gasteiger partial charge < -0.3 is 14.6 Å². The van der Waals surface area contributed by atoms with Gasteiger partial charge in [0.15, 0.2) is 0 Å². The number of ether oxygens (including phenoxy) is 1. The lowest BCUT2D eigenvalue weighted by molar-refractivity contribution is -0.137. The van der Waals surface area contributed by atoms with Crippen LogP contribution in [0.3, 0.4) is 0 Å². The van der Waals surface area contributed by atoms with Crippen molar-refractivity contribution in [1.29, 1.82) is 0 Å². The minimum absolute atomic E-state index is 0.482. The van der Waals surface area contributed by atoms with Gasteiger partial charge in [-0.15, -0.1) is 0 Å². The summed E-state index contributed by atoms with van der Waals surface area (Å²) in [7, 11) is 3.35. The quantitative estimate of drug-likeness (QED) is 0.500.